The second kappa shape index (κ2) is 8.53. The van der Waals surface area contributed by atoms with Gasteiger partial charge in [-0.15, -0.1) is 10.2 Å². The Bertz CT molecular complexity index is 1620. The molecule has 0 radical (unpaired) electrons. The summed E-state index contributed by atoms with van der Waals surface area (Å²) in [5.74, 6) is -0.163. The molecule has 2 aromatic heterocycles. The molecule has 0 aliphatic heterocycles. The second-order valence-electron chi connectivity index (χ2n) is 8.20. The number of nitrogens with zero attached hydrogens (tertiary/aromatic N) is 4. The molecule has 1 unspecified atom stereocenters. The molecule has 0 aliphatic rings. The second-order valence-corrected chi connectivity index (χ2v) is 9.50. The summed E-state index contributed by atoms with van der Waals surface area (Å²) in [6.45, 7) is 5.73. The topological polar surface area (TPSA) is 69.3 Å². The summed E-state index contributed by atoms with van der Waals surface area (Å²) < 4.78 is 16.7. The molecule has 0 bridgehead atoms. The van der Waals surface area contributed by atoms with E-state index in [1.54, 1.807) is 17.6 Å². The molecule has 0 spiro atoms. The molecule has 5 rings (SSSR count). The van der Waals surface area contributed by atoms with Crippen molar-refractivity contribution in [2.24, 2.45) is 0 Å². The Morgan fingerprint density at radius 2 is 1.74 bits per heavy atom. The summed E-state index contributed by atoms with van der Waals surface area (Å²) >= 11 is 1.25. The van der Waals surface area contributed by atoms with E-state index in [2.05, 4.69) is 10.2 Å². The van der Waals surface area contributed by atoms with Crippen LogP contribution in [-0.4, -0.2) is 30.2 Å². The monoisotopic (exact) mass is 472 g/mol. The van der Waals surface area contributed by atoms with E-state index in [9.17, 15) is 14.0 Å². The Kier molecular flexibility index (Phi) is 5.53. The number of hydrogen-bond donors (Lipinski definition) is 0. The maximum atomic E-state index is 13.5. The van der Waals surface area contributed by atoms with E-state index >= 15 is 0 Å². The van der Waals surface area contributed by atoms with Crippen molar-refractivity contribution in [1.29, 1.82) is 0 Å². The Morgan fingerprint density at radius 1 is 1.00 bits per heavy atom. The molecular weight excluding hydrogens is 451 g/mol. The highest BCUT2D eigenvalue weighted by molar-refractivity contribution is 8.00. The molecule has 0 N–H and O–H groups in total. The van der Waals surface area contributed by atoms with Gasteiger partial charge in [0, 0.05) is 5.56 Å². The number of ketones is 1. The van der Waals surface area contributed by atoms with Crippen molar-refractivity contribution >= 4 is 34.2 Å². The Hall–Kier alpha value is -3.78. The highest BCUT2D eigenvalue weighted by atomic mass is 32.2. The van der Waals surface area contributed by atoms with E-state index in [1.807, 2.05) is 54.6 Å². The van der Waals surface area contributed by atoms with Crippen LogP contribution in [0.2, 0.25) is 0 Å². The van der Waals surface area contributed by atoms with Crippen LogP contribution in [0, 0.1) is 19.7 Å². The summed E-state index contributed by atoms with van der Waals surface area (Å²) in [5.41, 5.74) is 3.66. The molecule has 0 aliphatic carbocycles. The molecule has 2 heterocycles. The summed E-state index contributed by atoms with van der Waals surface area (Å²) in [4.78, 5) is 26.5. The van der Waals surface area contributed by atoms with Gasteiger partial charge in [-0.25, -0.2) is 8.96 Å². The van der Waals surface area contributed by atoms with Crippen LogP contribution >= 0.6 is 11.8 Å². The number of thioether (sulfide) groups is 1. The first-order valence-electron chi connectivity index (χ1n) is 10.8. The zero-order valence-electron chi connectivity index (χ0n) is 18.8. The smallest absolute Gasteiger partial charge is 0.267 e. The Morgan fingerprint density at radius 3 is 2.47 bits per heavy atom. The maximum Gasteiger partial charge on any atom is 0.267 e. The van der Waals surface area contributed by atoms with Crippen molar-refractivity contribution < 1.29 is 9.18 Å². The lowest BCUT2D eigenvalue weighted by Gasteiger charge is -2.14. The first kappa shape index (κ1) is 22.0. The van der Waals surface area contributed by atoms with Gasteiger partial charge < -0.3 is 0 Å². The van der Waals surface area contributed by atoms with Crippen LogP contribution < -0.4 is 5.56 Å². The molecule has 3 aromatic carbocycles. The van der Waals surface area contributed by atoms with Crippen molar-refractivity contribution in [1.82, 2.24) is 19.2 Å². The van der Waals surface area contributed by atoms with Crippen LogP contribution in [0.1, 0.15) is 28.4 Å². The third-order valence-electron chi connectivity index (χ3n) is 5.77. The lowest BCUT2D eigenvalue weighted by Crippen LogP contribution is -2.22. The molecule has 8 heteroatoms. The zero-order valence-corrected chi connectivity index (χ0v) is 19.6. The van der Waals surface area contributed by atoms with Gasteiger partial charge in [-0.1, -0.05) is 41.6 Å². The van der Waals surface area contributed by atoms with Crippen LogP contribution in [-0.2, 0) is 0 Å². The molecule has 34 heavy (non-hydrogen) atoms. The first-order chi connectivity index (χ1) is 16.3. The van der Waals surface area contributed by atoms with Gasteiger partial charge >= 0.3 is 0 Å². The number of fused-ring (bicyclic) bond motifs is 3. The normalized spacial score (nSPS) is 12.4. The molecular formula is C26H21FN4O2S. The zero-order chi connectivity index (χ0) is 24.0. The fraction of sp³-hybridized carbons (Fsp3) is 0.154. The standard InChI is InChI=1S/C26H21FN4O2S/c1-15-8-13-21(16(2)14-15)30-24(33)20-6-4-5-7-22(20)31-25(30)28-29-26(31)34-17(3)23(32)18-9-11-19(27)12-10-18/h4-14,17H,1-3H3. The minimum absolute atomic E-state index is 0.145. The number of aryl methyl sites for hydroxylation is 2. The maximum absolute atomic E-state index is 13.5. The fourth-order valence-electron chi connectivity index (χ4n) is 4.09. The van der Waals surface area contributed by atoms with Crippen LogP contribution in [0.15, 0.2) is 76.7 Å². The quantitative estimate of drug-likeness (QED) is 0.261. The van der Waals surface area contributed by atoms with Gasteiger partial charge in [0.1, 0.15) is 5.82 Å². The Balaban J connectivity index is 1.68. The van der Waals surface area contributed by atoms with Crippen molar-refractivity contribution in [2.45, 2.75) is 31.2 Å². The van der Waals surface area contributed by atoms with Crippen molar-refractivity contribution in [3.8, 4) is 5.69 Å². The van der Waals surface area contributed by atoms with Crippen LogP contribution in [0.3, 0.4) is 0 Å². The van der Waals surface area contributed by atoms with E-state index in [0.29, 0.717) is 27.4 Å². The molecule has 1 atom stereocenters. The minimum Gasteiger partial charge on any atom is -0.293 e. The summed E-state index contributed by atoms with van der Waals surface area (Å²) in [6, 6.07) is 18.7. The summed E-state index contributed by atoms with van der Waals surface area (Å²) in [7, 11) is 0. The lowest BCUT2D eigenvalue weighted by molar-refractivity contribution is 0.0994. The van der Waals surface area contributed by atoms with Crippen molar-refractivity contribution in [3.05, 3.63) is 99.6 Å². The van der Waals surface area contributed by atoms with Gasteiger partial charge in [-0.2, -0.15) is 0 Å². The Labute approximate surface area is 199 Å². The van der Waals surface area contributed by atoms with E-state index in [-0.39, 0.29) is 11.3 Å². The molecule has 0 saturated heterocycles. The molecule has 170 valence electrons. The highest BCUT2D eigenvalue weighted by Gasteiger charge is 2.23. The number of Topliss-reactive ketones (excluding diaryl/α,β-unsaturated/α-hetero) is 1. The third-order valence-corrected chi connectivity index (χ3v) is 6.81. The number of para-hydroxylation sites is 1. The van der Waals surface area contributed by atoms with E-state index < -0.39 is 11.1 Å². The molecule has 0 fully saturated rings. The third kappa shape index (κ3) is 3.70. The van der Waals surface area contributed by atoms with Crippen molar-refractivity contribution in [3.63, 3.8) is 0 Å². The summed E-state index contributed by atoms with van der Waals surface area (Å²) in [5, 5.41) is 9.23. The van der Waals surface area contributed by atoms with Crippen LogP contribution in [0.4, 0.5) is 4.39 Å². The number of hydrogen-bond acceptors (Lipinski definition) is 5. The summed E-state index contributed by atoms with van der Waals surface area (Å²) in [6.07, 6.45) is 0. The highest BCUT2D eigenvalue weighted by Crippen LogP contribution is 2.28. The van der Waals surface area contributed by atoms with Gasteiger partial charge in [0.2, 0.25) is 5.78 Å². The average Bonchev–Trinajstić information content (AvgIpc) is 3.23. The SMILES string of the molecule is Cc1ccc(-n2c(=O)c3ccccc3n3c(SC(C)C(=O)c4ccc(F)cc4)nnc23)c(C)c1. The number of aromatic nitrogens is 4. The van der Waals surface area contributed by atoms with E-state index in [4.69, 9.17) is 0 Å². The van der Waals surface area contributed by atoms with Gasteiger partial charge in [0.25, 0.3) is 5.56 Å². The van der Waals surface area contributed by atoms with Crippen LogP contribution in [0.25, 0.3) is 22.4 Å². The predicted octanol–water partition coefficient (Wildman–Crippen LogP) is 5.15. The predicted molar refractivity (Wildman–Crippen MR) is 132 cm³/mol. The van der Waals surface area contributed by atoms with E-state index in [0.717, 1.165) is 16.8 Å². The van der Waals surface area contributed by atoms with Crippen LogP contribution in [0.5, 0.6) is 0 Å². The van der Waals surface area contributed by atoms with Gasteiger partial charge in [-0.05, 0) is 68.8 Å². The number of halogens is 1. The largest absolute Gasteiger partial charge is 0.293 e. The molecule has 5 aromatic rings. The van der Waals surface area contributed by atoms with Gasteiger partial charge in [0.05, 0.1) is 21.8 Å². The number of benzene rings is 3. The van der Waals surface area contributed by atoms with Gasteiger partial charge in [-0.3, -0.25) is 14.0 Å². The van der Waals surface area contributed by atoms with E-state index in [1.165, 1.54) is 36.0 Å². The van der Waals surface area contributed by atoms with Gasteiger partial charge in [0.15, 0.2) is 10.9 Å². The lowest BCUT2D eigenvalue weighted by atomic mass is 10.1. The fourth-order valence-corrected chi connectivity index (χ4v) is 5.02. The number of rotatable bonds is 5. The molecule has 0 saturated carbocycles. The minimum atomic E-state index is -0.502. The average molecular weight is 473 g/mol. The van der Waals surface area contributed by atoms with Crippen molar-refractivity contribution in [2.75, 3.05) is 0 Å². The number of carbonyl (C=O) groups is 1. The first-order valence-corrected chi connectivity index (χ1v) is 11.7. The molecule has 6 nitrogen and oxygen atoms in total. The number of carbonyl (C=O) groups excluding carboxylic acids is 1. The molecule has 0 amide bonds.